The van der Waals surface area contributed by atoms with E-state index in [9.17, 15) is 4.79 Å². The topological polar surface area (TPSA) is 75.9 Å². The number of amides is 1. The Bertz CT molecular complexity index is 332. The van der Waals surface area contributed by atoms with Crippen LogP contribution in [0.3, 0.4) is 0 Å². The van der Waals surface area contributed by atoms with Crippen LogP contribution < -0.4 is 5.32 Å². The van der Waals surface area contributed by atoms with Crippen LogP contribution in [0.2, 0.25) is 0 Å². The average molecular weight is 224 g/mol. The van der Waals surface area contributed by atoms with Crippen LogP contribution in [0.5, 0.6) is 0 Å². The predicted molar refractivity (Wildman–Crippen MR) is 56.5 cm³/mol. The van der Waals surface area contributed by atoms with Crippen molar-refractivity contribution >= 4 is 5.91 Å². The zero-order valence-electron chi connectivity index (χ0n) is 9.33. The zero-order valence-corrected chi connectivity index (χ0v) is 9.33. The van der Waals surface area contributed by atoms with Gasteiger partial charge in [-0.3, -0.25) is 4.79 Å². The first kappa shape index (κ1) is 11.0. The molecular formula is C9H16N6O. The number of likely N-dealkylation sites (N-methyl/N-ethyl adjacent to an activating group) is 1. The second-order valence-electron chi connectivity index (χ2n) is 4.01. The molecule has 1 aliphatic rings. The fraction of sp³-hybridized carbons (Fsp3) is 0.778. The van der Waals surface area contributed by atoms with Crippen LogP contribution >= 0.6 is 0 Å². The lowest BCUT2D eigenvalue weighted by Crippen LogP contribution is -2.47. The number of rotatable bonds is 3. The molecule has 1 amide bonds. The molecule has 0 radical (unpaired) electrons. The van der Waals surface area contributed by atoms with Crippen molar-refractivity contribution in [1.82, 2.24) is 30.4 Å². The Kier molecular flexibility index (Phi) is 3.45. The SMILES string of the molecule is CN(C(=O)Cn1cnnn1)C1CCCNC1. The van der Waals surface area contributed by atoms with Gasteiger partial charge in [-0.15, -0.1) is 5.10 Å². The molecule has 0 aromatic carbocycles. The number of nitrogens with one attached hydrogen (secondary N) is 1. The van der Waals surface area contributed by atoms with Gasteiger partial charge in [-0.05, 0) is 29.8 Å². The van der Waals surface area contributed by atoms with Crippen LogP contribution in [0.1, 0.15) is 12.8 Å². The number of aromatic nitrogens is 4. The normalized spacial score (nSPS) is 20.7. The van der Waals surface area contributed by atoms with Crippen LogP contribution in [0.15, 0.2) is 6.33 Å². The summed E-state index contributed by atoms with van der Waals surface area (Å²) in [5.74, 6) is 0.0426. The Morgan fingerprint density at radius 1 is 1.69 bits per heavy atom. The molecule has 0 bridgehead atoms. The van der Waals surface area contributed by atoms with Crippen molar-refractivity contribution in [3.8, 4) is 0 Å². The van der Waals surface area contributed by atoms with Gasteiger partial charge in [0, 0.05) is 19.6 Å². The van der Waals surface area contributed by atoms with E-state index in [4.69, 9.17) is 0 Å². The monoisotopic (exact) mass is 224 g/mol. The predicted octanol–water partition coefficient (Wildman–Crippen LogP) is -1.12. The maximum Gasteiger partial charge on any atom is 0.244 e. The van der Waals surface area contributed by atoms with E-state index in [1.165, 1.54) is 11.0 Å². The quantitative estimate of drug-likeness (QED) is 0.704. The van der Waals surface area contributed by atoms with Crippen molar-refractivity contribution in [3.05, 3.63) is 6.33 Å². The van der Waals surface area contributed by atoms with E-state index in [2.05, 4.69) is 20.8 Å². The summed E-state index contributed by atoms with van der Waals surface area (Å²) < 4.78 is 1.44. The first-order valence-electron chi connectivity index (χ1n) is 5.44. The minimum Gasteiger partial charge on any atom is -0.340 e. The molecule has 1 N–H and O–H groups in total. The van der Waals surface area contributed by atoms with E-state index in [0.29, 0.717) is 0 Å². The van der Waals surface area contributed by atoms with E-state index < -0.39 is 0 Å². The first-order valence-corrected chi connectivity index (χ1v) is 5.44. The van der Waals surface area contributed by atoms with E-state index in [1.807, 2.05) is 7.05 Å². The number of piperidine rings is 1. The third-order valence-electron chi connectivity index (χ3n) is 2.90. The number of nitrogens with zero attached hydrogens (tertiary/aromatic N) is 5. The smallest absolute Gasteiger partial charge is 0.244 e. The Morgan fingerprint density at radius 3 is 3.19 bits per heavy atom. The Labute approximate surface area is 93.8 Å². The van der Waals surface area contributed by atoms with Crippen LogP contribution in [0.4, 0.5) is 0 Å². The lowest BCUT2D eigenvalue weighted by molar-refractivity contribution is -0.133. The van der Waals surface area contributed by atoms with Crippen molar-refractivity contribution in [2.45, 2.75) is 25.4 Å². The Balaban J connectivity index is 1.88. The third-order valence-corrected chi connectivity index (χ3v) is 2.90. The summed E-state index contributed by atoms with van der Waals surface area (Å²) in [6, 6.07) is 0.290. The van der Waals surface area contributed by atoms with Gasteiger partial charge >= 0.3 is 0 Å². The van der Waals surface area contributed by atoms with Crippen LogP contribution in [0, 0.1) is 0 Å². The highest BCUT2D eigenvalue weighted by Gasteiger charge is 2.21. The number of hydrogen-bond donors (Lipinski definition) is 1. The molecule has 0 aliphatic carbocycles. The summed E-state index contributed by atoms with van der Waals surface area (Å²) in [6.45, 7) is 2.13. The maximum atomic E-state index is 11.9. The molecule has 1 fully saturated rings. The summed E-state index contributed by atoms with van der Waals surface area (Å²) in [7, 11) is 1.84. The van der Waals surface area contributed by atoms with Crippen molar-refractivity contribution in [3.63, 3.8) is 0 Å². The molecule has 1 saturated heterocycles. The second-order valence-corrected chi connectivity index (χ2v) is 4.01. The zero-order chi connectivity index (χ0) is 11.4. The van der Waals surface area contributed by atoms with E-state index >= 15 is 0 Å². The second kappa shape index (κ2) is 5.02. The van der Waals surface area contributed by atoms with Crippen molar-refractivity contribution < 1.29 is 4.79 Å². The van der Waals surface area contributed by atoms with Gasteiger partial charge in [-0.1, -0.05) is 0 Å². The fourth-order valence-electron chi connectivity index (χ4n) is 1.87. The maximum absolute atomic E-state index is 11.9. The molecule has 1 atom stereocenters. The number of hydrogen-bond acceptors (Lipinski definition) is 5. The molecule has 0 saturated carbocycles. The lowest BCUT2D eigenvalue weighted by Gasteiger charge is -2.31. The van der Waals surface area contributed by atoms with E-state index in [-0.39, 0.29) is 18.5 Å². The van der Waals surface area contributed by atoms with Gasteiger partial charge < -0.3 is 10.2 Å². The molecule has 2 heterocycles. The van der Waals surface area contributed by atoms with Crippen molar-refractivity contribution in [2.24, 2.45) is 0 Å². The lowest BCUT2D eigenvalue weighted by atomic mass is 10.1. The number of tetrazole rings is 1. The molecule has 7 heteroatoms. The van der Waals surface area contributed by atoms with Gasteiger partial charge in [0.15, 0.2) is 0 Å². The minimum absolute atomic E-state index is 0.0426. The molecule has 0 spiro atoms. The number of carbonyl (C=O) groups is 1. The number of carbonyl (C=O) groups excluding carboxylic acids is 1. The van der Waals surface area contributed by atoms with Crippen LogP contribution in [0.25, 0.3) is 0 Å². The van der Waals surface area contributed by atoms with E-state index in [0.717, 1.165) is 25.9 Å². The standard InChI is InChI=1S/C9H16N6O/c1-14(8-3-2-4-10-5-8)9(16)6-15-7-11-12-13-15/h7-8,10H,2-6H2,1H3. The molecule has 2 rings (SSSR count). The van der Waals surface area contributed by atoms with Gasteiger partial charge in [-0.25, -0.2) is 4.68 Å². The molecule has 1 aromatic rings. The highest BCUT2D eigenvalue weighted by atomic mass is 16.2. The summed E-state index contributed by atoms with van der Waals surface area (Å²) in [5, 5.41) is 14.0. The molecule has 1 unspecified atom stereocenters. The summed E-state index contributed by atoms with van der Waals surface area (Å²) >= 11 is 0. The molecule has 1 aliphatic heterocycles. The highest BCUT2D eigenvalue weighted by molar-refractivity contribution is 5.75. The van der Waals surface area contributed by atoms with Crippen LogP contribution in [-0.4, -0.2) is 57.2 Å². The fourth-order valence-corrected chi connectivity index (χ4v) is 1.87. The molecular weight excluding hydrogens is 208 g/mol. The summed E-state index contributed by atoms with van der Waals surface area (Å²) in [4.78, 5) is 13.7. The largest absolute Gasteiger partial charge is 0.340 e. The minimum atomic E-state index is 0.0426. The van der Waals surface area contributed by atoms with Crippen LogP contribution in [-0.2, 0) is 11.3 Å². The van der Waals surface area contributed by atoms with Crippen molar-refractivity contribution in [2.75, 3.05) is 20.1 Å². The molecule has 88 valence electrons. The van der Waals surface area contributed by atoms with Gasteiger partial charge in [0.25, 0.3) is 0 Å². The molecule has 16 heavy (non-hydrogen) atoms. The average Bonchev–Trinajstić information content (AvgIpc) is 2.82. The van der Waals surface area contributed by atoms with Gasteiger partial charge in [0.2, 0.25) is 5.91 Å². The molecule has 1 aromatic heterocycles. The Hall–Kier alpha value is -1.50. The summed E-state index contributed by atoms with van der Waals surface area (Å²) in [6.07, 6.45) is 3.63. The van der Waals surface area contributed by atoms with Crippen molar-refractivity contribution in [1.29, 1.82) is 0 Å². The third kappa shape index (κ3) is 2.54. The van der Waals surface area contributed by atoms with E-state index in [1.54, 1.807) is 4.90 Å². The molecule has 7 nitrogen and oxygen atoms in total. The van der Waals surface area contributed by atoms with Gasteiger partial charge in [-0.2, -0.15) is 0 Å². The Morgan fingerprint density at radius 2 is 2.56 bits per heavy atom. The highest BCUT2D eigenvalue weighted by Crippen LogP contribution is 2.08. The van der Waals surface area contributed by atoms with Gasteiger partial charge in [0.1, 0.15) is 12.9 Å². The summed E-state index contributed by atoms with van der Waals surface area (Å²) in [5.41, 5.74) is 0. The van der Waals surface area contributed by atoms with Gasteiger partial charge in [0.05, 0.1) is 0 Å². The first-order chi connectivity index (χ1) is 7.77.